The number of rotatable bonds is 6. The van der Waals surface area contributed by atoms with E-state index in [1.165, 1.54) is 6.42 Å². The van der Waals surface area contributed by atoms with Gasteiger partial charge in [0.2, 0.25) is 0 Å². The zero-order valence-corrected chi connectivity index (χ0v) is 15.2. The van der Waals surface area contributed by atoms with Gasteiger partial charge in [0.05, 0.1) is 6.10 Å². The molecule has 0 aliphatic heterocycles. The Kier molecular flexibility index (Phi) is 4.63. The third-order valence-electron chi connectivity index (χ3n) is 6.49. The lowest BCUT2D eigenvalue weighted by atomic mass is 9.70. The van der Waals surface area contributed by atoms with Crippen LogP contribution in [0.25, 0.3) is 0 Å². The average molecular weight is 333 g/mol. The number of carbonyl (C=O) groups is 1. The van der Waals surface area contributed by atoms with Crippen LogP contribution in [-0.4, -0.2) is 21.9 Å². The second kappa shape index (κ2) is 6.25. The molecule has 0 amide bonds. The van der Waals surface area contributed by atoms with E-state index in [1.54, 1.807) is 0 Å². The molecule has 0 heterocycles. The van der Waals surface area contributed by atoms with E-state index in [0.29, 0.717) is 17.0 Å². The van der Waals surface area contributed by atoms with Gasteiger partial charge in [-0.3, -0.25) is 4.79 Å². The average Bonchev–Trinajstić information content (AvgIpc) is 2.88. The van der Waals surface area contributed by atoms with Crippen LogP contribution in [0, 0.1) is 16.7 Å². The summed E-state index contributed by atoms with van der Waals surface area (Å²) in [6, 6.07) is 9.86. The van der Waals surface area contributed by atoms with Crippen LogP contribution < -0.4 is 0 Å². The van der Waals surface area contributed by atoms with Crippen LogP contribution in [0.3, 0.4) is 0 Å². The number of hydrogen-bond donors (Lipinski definition) is 1. The number of ketones is 1. The van der Waals surface area contributed by atoms with Gasteiger partial charge in [-0.15, -0.1) is 0 Å². The Hall–Kier alpha value is -0.800. The Morgan fingerprint density at radius 2 is 2.00 bits per heavy atom. The summed E-state index contributed by atoms with van der Waals surface area (Å²) in [4.78, 5) is 12.6. The van der Waals surface area contributed by atoms with Crippen molar-refractivity contribution in [2.24, 2.45) is 16.7 Å². The molecule has 1 N–H and O–H groups in total. The van der Waals surface area contributed by atoms with Crippen LogP contribution in [0.5, 0.6) is 0 Å². The summed E-state index contributed by atoms with van der Waals surface area (Å²) in [5, 5.41) is 10.7. The smallest absolute Gasteiger partial charge is 0.140 e. The Morgan fingerprint density at radius 3 is 2.57 bits per heavy atom. The zero-order chi connectivity index (χ0) is 16.7. The first-order valence-electron chi connectivity index (χ1n) is 8.75. The fraction of sp³-hybridized carbons (Fsp3) is 0.650. The molecule has 2 saturated carbocycles. The van der Waals surface area contributed by atoms with Gasteiger partial charge in [-0.05, 0) is 36.2 Å². The maximum atomic E-state index is 12.6. The molecule has 0 unspecified atom stereocenters. The first-order chi connectivity index (χ1) is 10.9. The number of carbonyl (C=O) groups excluding carboxylic acids is 1. The van der Waals surface area contributed by atoms with Gasteiger partial charge in [-0.2, -0.15) is 11.8 Å². The molecular formula is C20H28O2S. The van der Waals surface area contributed by atoms with Crippen LogP contribution in [0.1, 0.15) is 58.1 Å². The molecule has 2 fully saturated rings. The van der Waals surface area contributed by atoms with Crippen LogP contribution in [0.2, 0.25) is 0 Å². The summed E-state index contributed by atoms with van der Waals surface area (Å²) in [7, 11) is 0. The van der Waals surface area contributed by atoms with Crippen LogP contribution in [0.15, 0.2) is 30.3 Å². The molecule has 1 aromatic carbocycles. The SMILES string of the molecule is C[C@@H](C[C@@H](O)c1ccccc1)SC[C@]12CC[C@H](CC1=O)C2(C)C. The third kappa shape index (κ3) is 2.87. The van der Waals surface area contributed by atoms with E-state index in [9.17, 15) is 9.90 Å². The van der Waals surface area contributed by atoms with Crippen molar-refractivity contribution in [1.29, 1.82) is 0 Å². The molecule has 2 nitrogen and oxygen atoms in total. The van der Waals surface area contributed by atoms with Crippen molar-refractivity contribution in [2.75, 3.05) is 5.75 Å². The van der Waals surface area contributed by atoms with E-state index < -0.39 is 6.10 Å². The minimum absolute atomic E-state index is 0.117. The maximum Gasteiger partial charge on any atom is 0.140 e. The molecule has 2 aliphatic rings. The lowest BCUT2D eigenvalue weighted by Gasteiger charge is -2.37. The minimum atomic E-state index is -0.417. The largest absolute Gasteiger partial charge is 0.388 e. The van der Waals surface area contributed by atoms with E-state index in [-0.39, 0.29) is 10.8 Å². The molecule has 0 saturated heterocycles. The van der Waals surface area contributed by atoms with Crippen LogP contribution in [0.4, 0.5) is 0 Å². The minimum Gasteiger partial charge on any atom is -0.388 e. The highest BCUT2D eigenvalue weighted by molar-refractivity contribution is 7.99. The molecular weight excluding hydrogens is 304 g/mol. The van der Waals surface area contributed by atoms with Crippen molar-refractivity contribution in [3.63, 3.8) is 0 Å². The number of fused-ring (bicyclic) bond motifs is 2. The van der Waals surface area contributed by atoms with E-state index in [4.69, 9.17) is 0 Å². The predicted octanol–water partition coefficient (Wildman–Crippen LogP) is 4.63. The summed E-state index contributed by atoms with van der Waals surface area (Å²) in [5.74, 6) is 1.99. The van der Waals surface area contributed by atoms with Gasteiger partial charge < -0.3 is 5.11 Å². The Morgan fingerprint density at radius 1 is 1.30 bits per heavy atom. The van der Waals surface area contributed by atoms with E-state index in [1.807, 2.05) is 42.1 Å². The summed E-state index contributed by atoms with van der Waals surface area (Å²) < 4.78 is 0. The molecule has 1 aromatic rings. The fourth-order valence-electron chi connectivity index (χ4n) is 4.59. The lowest BCUT2D eigenvalue weighted by molar-refractivity contribution is -0.127. The normalized spacial score (nSPS) is 31.3. The van der Waals surface area contributed by atoms with Gasteiger partial charge >= 0.3 is 0 Å². The van der Waals surface area contributed by atoms with Crippen LogP contribution in [-0.2, 0) is 4.79 Å². The topological polar surface area (TPSA) is 37.3 Å². The number of benzene rings is 1. The zero-order valence-electron chi connectivity index (χ0n) is 14.4. The molecule has 0 radical (unpaired) electrons. The Balaban J connectivity index is 1.59. The molecule has 3 heteroatoms. The highest BCUT2D eigenvalue weighted by atomic mass is 32.2. The first-order valence-corrected chi connectivity index (χ1v) is 9.79. The molecule has 2 aliphatic carbocycles. The quantitative estimate of drug-likeness (QED) is 0.825. The van der Waals surface area contributed by atoms with Crippen molar-refractivity contribution in [3.05, 3.63) is 35.9 Å². The predicted molar refractivity (Wildman–Crippen MR) is 96.5 cm³/mol. The fourth-order valence-corrected chi connectivity index (χ4v) is 6.15. The Bertz CT molecular complexity index is 568. The third-order valence-corrected chi connectivity index (χ3v) is 7.91. The van der Waals surface area contributed by atoms with E-state index in [0.717, 1.165) is 30.6 Å². The summed E-state index contributed by atoms with van der Waals surface area (Å²) in [6.07, 6.45) is 3.38. The van der Waals surface area contributed by atoms with Crippen molar-refractivity contribution >= 4 is 17.5 Å². The van der Waals surface area contributed by atoms with Crippen molar-refractivity contribution in [2.45, 2.75) is 57.8 Å². The van der Waals surface area contributed by atoms with E-state index in [2.05, 4.69) is 20.8 Å². The van der Waals surface area contributed by atoms with Crippen LogP contribution >= 0.6 is 11.8 Å². The number of aliphatic hydroxyl groups is 1. The van der Waals surface area contributed by atoms with Gasteiger partial charge in [-0.1, -0.05) is 51.1 Å². The first kappa shape index (κ1) is 17.0. The number of hydrogen-bond acceptors (Lipinski definition) is 3. The van der Waals surface area contributed by atoms with E-state index >= 15 is 0 Å². The molecule has 2 bridgehead atoms. The van der Waals surface area contributed by atoms with Gasteiger partial charge in [0.25, 0.3) is 0 Å². The van der Waals surface area contributed by atoms with Gasteiger partial charge in [0.15, 0.2) is 0 Å². The number of aliphatic hydroxyl groups excluding tert-OH is 1. The molecule has 126 valence electrons. The molecule has 0 spiro atoms. The molecule has 23 heavy (non-hydrogen) atoms. The van der Waals surface area contributed by atoms with Crippen molar-refractivity contribution in [1.82, 2.24) is 0 Å². The highest BCUT2D eigenvalue weighted by Gasteiger charge is 2.63. The molecule has 3 rings (SSSR count). The summed E-state index contributed by atoms with van der Waals surface area (Å²) >= 11 is 1.87. The van der Waals surface area contributed by atoms with Crippen molar-refractivity contribution in [3.8, 4) is 0 Å². The number of Topliss-reactive ketones (excluding diaryl/α,β-unsaturated/α-hetero) is 1. The van der Waals surface area contributed by atoms with Gasteiger partial charge in [-0.25, -0.2) is 0 Å². The van der Waals surface area contributed by atoms with Gasteiger partial charge in [0.1, 0.15) is 5.78 Å². The number of thioether (sulfide) groups is 1. The molecule has 4 atom stereocenters. The monoisotopic (exact) mass is 332 g/mol. The second-order valence-electron chi connectivity index (χ2n) is 7.95. The highest BCUT2D eigenvalue weighted by Crippen LogP contribution is 2.64. The lowest BCUT2D eigenvalue weighted by Crippen LogP contribution is -2.38. The standard InChI is InChI=1S/C20H28O2S/c1-14(11-17(21)15-7-5-4-6-8-15)23-13-20-10-9-16(12-18(20)22)19(20,2)3/h4-8,14,16-17,21H,9-13H2,1-3H3/t14-,16+,17+,20+/m0/s1. The Labute approximate surface area is 144 Å². The second-order valence-corrected chi connectivity index (χ2v) is 9.38. The van der Waals surface area contributed by atoms with Gasteiger partial charge in [0, 0.05) is 22.8 Å². The maximum absolute atomic E-state index is 12.6. The molecule has 0 aromatic heterocycles. The van der Waals surface area contributed by atoms with Crippen molar-refractivity contribution < 1.29 is 9.90 Å². The summed E-state index contributed by atoms with van der Waals surface area (Å²) in [6.45, 7) is 6.76. The summed E-state index contributed by atoms with van der Waals surface area (Å²) in [5.41, 5.74) is 1.01.